The Kier molecular flexibility index (Phi) is 6.39. The van der Waals surface area contributed by atoms with Crippen LogP contribution in [0, 0.1) is 12.7 Å². The average molecular weight is 412 g/mol. The van der Waals surface area contributed by atoms with Gasteiger partial charge in [-0.25, -0.2) is 14.2 Å². The first-order chi connectivity index (χ1) is 13.8. The predicted molar refractivity (Wildman–Crippen MR) is 110 cm³/mol. The highest BCUT2D eigenvalue weighted by atomic mass is 32.1. The van der Waals surface area contributed by atoms with Gasteiger partial charge in [0.2, 0.25) is 0 Å². The van der Waals surface area contributed by atoms with Gasteiger partial charge in [0.05, 0.1) is 5.69 Å². The summed E-state index contributed by atoms with van der Waals surface area (Å²) in [6.07, 6.45) is -0.924. The molecule has 3 aromatic rings. The highest BCUT2D eigenvalue weighted by molar-refractivity contribution is 7.17. The summed E-state index contributed by atoms with van der Waals surface area (Å²) in [6.45, 7) is 3.68. The summed E-state index contributed by atoms with van der Waals surface area (Å²) in [6, 6.07) is 15.5. The molecule has 0 N–H and O–H groups in total. The third kappa shape index (κ3) is 5.06. The molecular weight excluding hydrogens is 391 g/mol. The Morgan fingerprint density at radius 2 is 1.79 bits per heavy atom. The van der Waals surface area contributed by atoms with Gasteiger partial charge in [0.25, 0.3) is 5.91 Å². The van der Waals surface area contributed by atoms with Crippen LogP contribution in [0.1, 0.15) is 27.9 Å². The summed E-state index contributed by atoms with van der Waals surface area (Å²) < 4.78 is 18.5. The zero-order valence-corrected chi connectivity index (χ0v) is 17.2. The van der Waals surface area contributed by atoms with Gasteiger partial charge >= 0.3 is 5.97 Å². The Labute approximate surface area is 172 Å². The van der Waals surface area contributed by atoms with Crippen molar-refractivity contribution in [2.24, 2.45) is 0 Å². The van der Waals surface area contributed by atoms with E-state index < -0.39 is 12.1 Å². The number of esters is 1. The van der Waals surface area contributed by atoms with E-state index in [2.05, 4.69) is 4.98 Å². The van der Waals surface area contributed by atoms with Crippen molar-refractivity contribution in [2.45, 2.75) is 26.5 Å². The second-order valence-electron chi connectivity index (χ2n) is 6.67. The van der Waals surface area contributed by atoms with E-state index in [1.165, 1.54) is 17.0 Å². The molecule has 0 bridgehead atoms. The van der Waals surface area contributed by atoms with Gasteiger partial charge in [-0.3, -0.25) is 4.79 Å². The molecule has 0 aliphatic rings. The Morgan fingerprint density at radius 1 is 1.14 bits per heavy atom. The average Bonchev–Trinajstić information content (AvgIpc) is 3.10. The summed E-state index contributed by atoms with van der Waals surface area (Å²) >= 11 is 1.16. The fraction of sp³-hybridized carbons (Fsp3) is 0.227. The topological polar surface area (TPSA) is 59.5 Å². The number of aryl methyl sites for hydroxylation is 1. The highest BCUT2D eigenvalue weighted by Crippen LogP contribution is 2.28. The van der Waals surface area contributed by atoms with Crippen molar-refractivity contribution in [3.63, 3.8) is 0 Å². The number of ether oxygens (including phenoxy) is 1. The van der Waals surface area contributed by atoms with Crippen LogP contribution in [0.4, 0.5) is 4.39 Å². The van der Waals surface area contributed by atoms with E-state index in [0.29, 0.717) is 27.7 Å². The molecule has 0 aliphatic carbocycles. The molecule has 1 amide bonds. The van der Waals surface area contributed by atoms with E-state index in [1.807, 2.05) is 30.3 Å². The fourth-order valence-electron chi connectivity index (χ4n) is 2.81. The van der Waals surface area contributed by atoms with Crippen LogP contribution < -0.4 is 0 Å². The lowest BCUT2D eigenvalue weighted by Crippen LogP contribution is -2.37. The molecular formula is C22H21FN2O3S. The van der Waals surface area contributed by atoms with Gasteiger partial charge < -0.3 is 9.64 Å². The summed E-state index contributed by atoms with van der Waals surface area (Å²) in [5, 5.41) is 0.592. The van der Waals surface area contributed by atoms with E-state index in [1.54, 1.807) is 33.0 Å². The summed E-state index contributed by atoms with van der Waals surface area (Å²) in [5.41, 5.74) is 2.21. The molecule has 0 spiro atoms. The predicted octanol–water partition coefficient (Wildman–Crippen LogP) is 4.46. The molecule has 0 radical (unpaired) electrons. The maximum absolute atomic E-state index is 13.1. The van der Waals surface area contributed by atoms with Crippen molar-refractivity contribution in [1.82, 2.24) is 9.88 Å². The Balaban J connectivity index is 1.66. The van der Waals surface area contributed by atoms with Gasteiger partial charge in [0.15, 0.2) is 6.10 Å². The number of hydrogen-bond donors (Lipinski definition) is 0. The van der Waals surface area contributed by atoms with Crippen LogP contribution in [0.3, 0.4) is 0 Å². The first kappa shape index (κ1) is 20.7. The number of likely N-dealkylation sites (N-methyl/N-ethyl adjacent to an activating group) is 1. The molecule has 1 heterocycles. The molecule has 1 aromatic heterocycles. The van der Waals surface area contributed by atoms with Gasteiger partial charge in [0, 0.05) is 19.2 Å². The van der Waals surface area contributed by atoms with Crippen molar-refractivity contribution in [3.05, 3.63) is 76.5 Å². The number of amides is 1. The van der Waals surface area contributed by atoms with Crippen LogP contribution in [-0.2, 0) is 16.1 Å². The third-order valence-corrected chi connectivity index (χ3v) is 5.53. The summed E-state index contributed by atoms with van der Waals surface area (Å²) in [4.78, 5) is 31.4. The highest BCUT2D eigenvalue weighted by Gasteiger charge is 2.25. The third-order valence-electron chi connectivity index (χ3n) is 4.34. The van der Waals surface area contributed by atoms with E-state index in [9.17, 15) is 14.0 Å². The maximum Gasteiger partial charge on any atom is 0.351 e. The number of thiazole rings is 1. The molecule has 150 valence electrons. The van der Waals surface area contributed by atoms with Crippen molar-refractivity contribution >= 4 is 23.2 Å². The Morgan fingerprint density at radius 3 is 2.45 bits per heavy atom. The number of aromatic nitrogens is 1. The van der Waals surface area contributed by atoms with Crippen molar-refractivity contribution in [1.29, 1.82) is 0 Å². The van der Waals surface area contributed by atoms with Gasteiger partial charge in [-0.05, 0) is 43.7 Å². The first-order valence-electron chi connectivity index (χ1n) is 9.08. The largest absolute Gasteiger partial charge is 0.448 e. The molecule has 0 aliphatic heterocycles. The van der Waals surface area contributed by atoms with Crippen LogP contribution in [-0.4, -0.2) is 34.9 Å². The Hall–Kier alpha value is -3.06. The molecule has 2 aromatic carbocycles. The molecule has 0 saturated heterocycles. The quantitative estimate of drug-likeness (QED) is 0.561. The lowest BCUT2D eigenvalue weighted by Gasteiger charge is -2.21. The number of carbonyl (C=O) groups excluding carboxylic acids is 2. The second kappa shape index (κ2) is 8.96. The lowest BCUT2D eigenvalue weighted by molar-refractivity contribution is -0.139. The molecule has 0 unspecified atom stereocenters. The minimum Gasteiger partial charge on any atom is -0.448 e. The van der Waals surface area contributed by atoms with Crippen LogP contribution in [0.15, 0.2) is 54.6 Å². The minimum atomic E-state index is -0.924. The van der Waals surface area contributed by atoms with Gasteiger partial charge in [-0.1, -0.05) is 30.3 Å². The van der Waals surface area contributed by atoms with Crippen molar-refractivity contribution in [3.8, 4) is 10.6 Å². The molecule has 5 nitrogen and oxygen atoms in total. The van der Waals surface area contributed by atoms with Crippen LogP contribution in [0.25, 0.3) is 10.6 Å². The van der Waals surface area contributed by atoms with E-state index >= 15 is 0 Å². The monoisotopic (exact) mass is 412 g/mol. The molecule has 3 rings (SSSR count). The number of carbonyl (C=O) groups is 2. The zero-order valence-electron chi connectivity index (χ0n) is 16.4. The molecule has 0 saturated carbocycles. The van der Waals surface area contributed by atoms with Gasteiger partial charge in [-0.15, -0.1) is 11.3 Å². The van der Waals surface area contributed by atoms with Crippen LogP contribution in [0.2, 0.25) is 0 Å². The zero-order chi connectivity index (χ0) is 21.0. The smallest absolute Gasteiger partial charge is 0.351 e. The van der Waals surface area contributed by atoms with Crippen LogP contribution in [0.5, 0.6) is 0 Å². The van der Waals surface area contributed by atoms with E-state index in [-0.39, 0.29) is 11.7 Å². The SMILES string of the molecule is Cc1nc(-c2ccc(F)cc2)sc1C(=O)O[C@H](C)C(=O)N(C)Cc1ccccc1. The fourth-order valence-corrected chi connectivity index (χ4v) is 3.77. The minimum absolute atomic E-state index is 0.289. The van der Waals surface area contributed by atoms with Crippen molar-refractivity contribution in [2.75, 3.05) is 7.05 Å². The molecule has 7 heteroatoms. The normalized spacial score (nSPS) is 11.7. The standard InChI is InChI=1S/C22H21FN2O3S/c1-14-19(29-20(24-14)17-9-11-18(23)12-10-17)22(27)28-15(2)21(26)25(3)13-16-7-5-4-6-8-16/h4-12,15H,13H2,1-3H3/t15-/m1/s1. The molecule has 1 atom stereocenters. The van der Waals surface area contributed by atoms with Gasteiger partial charge in [0.1, 0.15) is 15.7 Å². The second-order valence-corrected chi connectivity index (χ2v) is 7.67. The molecule has 0 fully saturated rings. The van der Waals surface area contributed by atoms with Crippen molar-refractivity contribution < 1.29 is 18.7 Å². The number of hydrogen-bond acceptors (Lipinski definition) is 5. The number of benzene rings is 2. The Bertz CT molecular complexity index is 1000. The summed E-state index contributed by atoms with van der Waals surface area (Å²) in [7, 11) is 1.67. The first-order valence-corrected chi connectivity index (χ1v) is 9.90. The number of nitrogens with zero attached hydrogens (tertiary/aromatic N) is 2. The summed E-state index contributed by atoms with van der Waals surface area (Å²) in [5.74, 6) is -1.22. The van der Waals surface area contributed by atoms with Gasteiger partial charge in [-0.2, -0.15) is 0 Å². The number of rotatable bonds is 6. The maximum atomic E-state index is 13.1. The number of halogens is 1. The molecule has 29 heavy (non-hydrogen) atoms. The van der Waals surface area contributed by atoms with E-state index in [0.717, 1.165) is 16.9 Å². The van der Waals surface area contributed by atoms with E-state index in [4.69, 9.17) is 4.74 Å². The lowest BCUT2D eigenvalue weighted by atomic mass is 10.2. The van der Waals surface area contributed by atoms with Crippen LogP contribution >= 0.6 is 11.3 Å².